The van der Waals surface area contributed by atoms with Crippen molar-refractivity contribution in [2.75, 3.05) is 13.2 Å². The van der Waals surface area contributed by atoms with Gasteiger partial charge in [0.05, 0.1) is 0 Å². The van der Waals surface area contributed by atoms with E-state index in [1.165, 1.54) is 12.8 Å². The van der Waals surface area contributed by atoms with Gasteiger partial charge < -0.3 is 10.1 Å². The van der Waals surface area contributed by atoms with E-state index in [2.05, 4.69) is 27.9 Å². The summed E-state index contributed by atoms with van der Waals surface area (Å²) >= 11 is 2.23. The minimum absolute atomic E-state index is 0.0366. The molecule has 4 heteroatoms. The van der Waals surface area contributed by atoms with Crippen molar-refractivity contribution in [1.82, 2.24) is 5.32 Å². The van der Waals surface area contributed by atoms with Crippen molar-refractivity contribution in [2.24, 2.45) is 5.92 Å². The van der Waals surface area contributed by atoms with Crippen LogP contribution in [0.5, 0.6) is 5.75 Å². The van der Waals surface area contributed by atoms with Crippen molar-refractivity contribution in [3.63, 3.8) is 0 Å². The Hall–Kier alpha value is -0.780. The van der Waals surface area contributed by atoms with E-state index in [9.17, 15) is 4.79 Å². The van der Waals surface area contributed by atoms with Gasteiger partial charge in [-0.05, 0) is 65.6 Å². The molecule has 0 aromatic heterocycles. The summed E-state index contributed by atoms with van der Waals surface area (Å²) in [5.41, 5.74) is 0. The fourth-order valence-electron chi connectivity index (χ4n) is 1.31. The van der Waals surface area contributed by atoms with Crippen molar-refractivity contribution in [1.29, 1.82) is 0 Å². The Balaban J connectivity index is 1.69. The molecular weight excluding hydrogens is 317 g/mol. The van der Waals surface area contributed by atoms with Crippen molar-refractivity contribution in [3.8, 4) is 5.75 Å². The number of rotatable bonds is 5. The number of carbonyl (C=O) groups is 1. The lowest BCUT2D eigenvalue weighted by atomic mass is 10.3. The summed E-state index contributed by atoms with van der Waals surface area (Å²) in [5.74, 6) is 1.41. The number of hydrogen-bond donors (Lipinski definition) is 1. The molecule has 86 valence electrons. The molecule has 0 aliphatic heterocycles. The molecule has 16 heavy (non-hydrogen) atoms. The van der Waals surface area contributed by atoms with Gasteiger partial charge in [-0.2, -0.15) is 0 Å². The fraction of sp³-hybridized carbons (Fsp3) is 0.417. The zero-order valence-electron chi connectivity index (χ0n) is 8.91. The van der Waals surface area contributed by atoms with E-state index in [1.54, 1.807) is 0 Å². The molecule has 0 radical (unpaired) electrons. The third kappa shape index (κ3) is 4.00. The predicted molar refractivity (Wildman–Crippen MR) is 70.4 cm³/mol. The minimum Gasteiger partial charge on any atom is -0.484 e. The van der Waals surface area contributed by atoms with Gasteiger partial charge in [-0.25, -0.2) is 0 Å². The largest absolute Gasteiger partial charge is 0.484 e. The number of nitrogens with one attached hydrogen (secondary N) is 1. The van der Waals surface area contributed by atoms with E-state index >= 15 is 0 Å². The number of ether oxygens (including phenoxy) is 1. The molecule has 0 spiro atoms. The maximum Gasteiger partial charge on any atom is 0.257 e. The normalized spacial score (nSPS) is 14.6. The maximum absolute atomic E-state index is 11.4. The van der Waals surface area contributed by atoms with E-state index in [-0.39, 0.29) is 12.5 Å². The number of benzene rings is 1. The molecule has 1 saturated carbocycles. The molecular formula is C12H14INO2. The Kier molecular flexibility index (Phi) is 4.04. The lowest BCUT2D eigenvalue weighted by Crippen LogP contribution is -2.30. The van der Waals surface area contributed by atoms with E-state index in [4.69, 9.17) is 4.74 Å². The average molecular weight is 331 g/mol. The van der Waals surface area contributed by atoms with Gasteiger partial charge in [0.1, 0.15) is 5.75 Å². The summed E-state index contributed by atoms with van der Waals surface area (Å²) in [6.45, 7) is 0.905. The maximum atomic E-state index is 11.4. The molecule has 1 aliphatic rings. The van der Waals surface area contributed by atoms with Crippen LogP contribution in [0, 0.1) is 9.49 Å². The summed E-state index contributed by atoms with van der Waals surface area (Å²) in [5, 5.41) is 2.86. The van der Waals surface area contributed by atoms with E-state index in [0.717, 1.165) is 15.9 Å². The third-order valence-corrected chi connectivity index (χ3v) is 3.19. The first-order valence-corrected chi connectivity index (χ1v) is 6.47. The van der Waals surface area contributed by atoms with E-state index < -0.39 is 0 Å². The molecule has 1 aromatic carbocycles. The quantitative estimate of drug-likeness (QED) is 0.840. The second-order valence-corrected chi connectivity index (χ2v) is 5.24. The third-order valence-electron chi connectivity index (χ3n) is 2.47. The SMILES string of the molecule is O=C(COc1ccc(I)cc1)NCC1CC1. The van der Waals surface area contributed by atoms with Gasteiger partial charge in [0, 0.05) is 10.1 Å². The monoisotopic (exact) mass is 331 g/mol. The molecule has 0 bridgehead atoms. The highest BCUT2D eigenvalue weighted by Gasteiger charge is 2.21. The predicted octanol–water partition coefficient (Wildman–Crippen LogP) is 2.20. The zero-order chi connectivity index (χ0) is 11.4. The number of halogens is 1. The molecule has 0 unspecified atom stereocenters. The van der Waals surface area contributed by atoms with Crippen molar-refractivity contribution in [2.45, 2.75) is 12.8 Å². The van der Waals surface area contributed by atoms with Crippen LogP contribution in [-0.4, -0.2) is 19.1 Å². The van der Waals surface area contributed by atoms with Gasteiger partial charge in [-0.1, -0.05) is 0 Å². The van der Waals surface area contributed by atoms with E-state index in [0.29, 0.717) is 5.92 Å². The number of amides is 1. The Morgan fingerprint density at radius 1 is 1.38 bits per heavy atom. The topological polar surface area (TPSA) is 38.3 Å². The van der Waals surface area contributed by atoms with Crippen LogP contribution < -0.4 is 10.1 Å². The van der Waals surface area contributed by atoms with Gasteiger partial charge >= 0.3 is 0 Å². The molecule has 1 amide bonds. The standard InChI is InChI=1S/C12H14INO2/c13-10-3-5-11(6-4-10)16-8-12(15)14-7-9-1-2-9/h3-6,9H,1-2,7-8H2,(H,14,15). The summed E-state index contributed by atoms with van der Waals surface area (Å²) < 4.78 is 6.52. The Labute approximate surface area is 109 Å². The van der Waals surface area contributed by atoms with Crippen LogP contribution in [0.15, 0.2) is 24.3 Å². The van der Waals surface area contributed by atoms with Gasteiger partial charge in [0.2, 0.25) is 0 Å². The lowest BCUT2D eigenvalue weighted by molar-refractivity contribution is -0.123. The zero-order valence-corrected chi connectivity index (χ0v) is 11.1. The van der Waals surface area contributed by atoms with Gasteiger partial charge in [0.15, 0.2) is 6.61 Å². The molecule has 0 atom stereocenters. The highest BCUT2D eigenvalue weighted by Crippen LogP contribution is 2.27. The highest BCUT2D eigenvalue weighted by molar-refractivity contribution is 14.1. The summed E-state index contributed by atoms with van der Waals surface area (Å²) in [6.07, 6.45) is 2.50. The van der Waals surface area contributed by atoms with Gasteiger partial charge in [-0.15, -0.1) is 0 Å². The molecule has 1 N–H and O–H groups in total. The van der Waals surface area contributed by atoms with Crippen molar-refractivity contribution in [3.05, 3.63) is 27.8 Å². The van der Waals surface area contributed by atoms with Crippen LogP contribution in [-0.2, 0) is 4.79 Å². The second-order valence-electron chi connectivity index (χ2n) is 3.99. The first kappa shape index (κ1) is 11.7. The fourth-order valence-corrected chi connectivity index (χ4v) is 1.67. The molecule has 1 aliphatic carbocycles. The molecule has 0 heterocycles. The van der Waals surface area contributed by atoms with Crippen LogP contribution in [0.1, 0.15) is 12.8 Å². The number of carbonyl (C=O) groups excluding carboxylic acids is 1. The van der Waals surface area contributed by atoms with Crippen molar-refractivity contribution < 1.29 is 9.53 Å². The molecule has 2 rings (SSSR count). The van der Waals surface area contributed by atoms with Gasteiger partial charge in [-0.3, -0.25) is 4.79 Å². The Morgan fingerprint density at radius 2 is 2.06 bits per heavy atom. The lowest BCUT2D eigenvalue weighted by Gasteiger charge is -2.06. The smallest absolute Gasteiger partial charge is 0.257 e. The first-order valence-electron chi connectivity index (χ1n) is 5.39. The summed E-state index contributed by atoms with van der Waals surface area (Å²) in [4.78, 5) is 11.4. The molecule has 0 saturated heterocycles. The molecule has 3 nitrogen and oxygen atoms in total. The molecule has 1 aromatic rings. The van der Waals surface area contributed by atoms with Crippen LogP contribution in [0.3, 0.4) is 0 Å². The van der Waals surface area contributed by atoms with Crippen LogP contribution in [0.25, 0.3) is 0 Å². The Morgan fingerprint density at radius 3 is 2.69 bits per heavy atom. The highest BCUT2D eigenvalue weighted by atomic mass is 127. The van der Waals surface area contributed by atoms with E-state index in [1.807, 2.05) is 24.3 Å². The minimum atomic E-state index is -0.0366. The van der Waals surface area contributed by atoms with Crippen LogP contribution in [0.4, 0.5) is 0 Å². The van der Waals surface area contributed by atoms with Crippen LogP contribution >= 0.6 is 22.6 Å². The van der Waals surface area contributed by atoms with Crippen LogP contribution in [0.2, 0.25) is 0 Å². The number of hydrogen-bond acceptors (Lipinski definition) is 2. The average Bonchev–Trinajstić information content (AvgIpc) is 3.09. The van der Waals surface area contributed by atoms with Gasteiger partial charge in [0.25, 0.3) is 5.91 Å². The van der Waals surface area contributed by atoms with Crippen molar-refractivity contribution >= 4 is 28.5 Å². The first-order chi connectivity index (χ1) is 7.74. The summed E-state index contributed by atoms with van der Waals surface area (Å²) in [7, 11) is 0. The Bertz CT molecular complexity index is 360. The second kappa shape index (κ2) is 5.52. The summed E-state index contributed by atoms with van der Waals surface area (Å²) in [6, 6.07) is 7.65. The molecule has 1 fully saturated rings.